The van der Waals surface area contributed by atoms with Gasteiger partial charge in [0, 0.05) is 43.8 Å². The van der Waals surface area contributed by atoms with Crippen molar-refractivity contribution in [3.8, 4) is 0 Å². The summed E-state index contributed by atoms with van der Waals surface area (Å²) in [7, 11) is 1.88. The number of halogens is 2. The number of hydrogen-bond donors (Lipinski definition) is 1. The van der Waals surface area contributed by atoms with Crippen LogP contribution in [0.3, 0.4) is 0 Å². The number of nitrogens with zero attached hydrogens (tertiary/aromatic N) is 5. The highest BCUT2D eigenvalue weighted by molar-refractivity contribution is 5.89. The zero-order chi connectivity index (χ0) is 16.7. The van der Waals surface area contributed by atoms with Crippen molar-refractivity contribution in [1.82, 2.24) is 19.7 Å². The lowest BCUT2D eigenvalue weighted by molar-refractivity contribution is 0.510. The molecule has 0 bridgehead atoms. The normalized spacial score (nSPS) is 17.6. The van der Waals surface area contributed by atoms with Crippen molar-refractivity contribution in [2.45, 2.75) is 12.5 Å². The smallest absolute Gasteiger partial charge is 0.161 e. The molecule has 1 atom stereocenters. The molecule has 0 aliphatic carbocycles. The summed E-state index contributed by atoms with van der Waals surface area (Å²) in [5, 5.41) is 8.00. The highest BCUT2D eigenvalue weighted by atomic mass is 19.2. The molecule has 2 aromatic heterocycles. The highest BCUT2D eigenvalue weighted by Crippen LogP contribution is 2.26. The molecule has 1 fully saturated rings. The molecular weight excluding hydrogens is 314 g/mol. The minimum Gasteiger partial charge on any atom is -0.367 e. The van der Waals surface area contributed by atoms with E-state index in [2.05, 4.69) is 25.3 Å². The van der Waals surface area contributed by atoms with Gasteiger partial charge in [0.1, 0.15) is 12.1 Å². The van der Waals surface area contributed by atoms with Crippen molar-refractivity contribution in [2.75, 3.05) is 23.3 Å². The molecule has 6 nitrogen and oxygen atoms in total. The Balaban J connectivity index is 1.56. The maximum atomic E-state index is 13.6. The largest absolute Gasteiger partial charge is 0.367 e. The molecule has 1 aliphatic rings. The van der Waals surface area contributed by atoms with E-state index < -0.39 is 11.6 Å². The molecule has 3 heterocycles. The van der Waals surface area contributed by atoms with Crippen LogP contribution in [0.5, 0.6) is 0 Å². The first kappa shape index (κ1) is 14.8. The van der Waals surface area contributed by atoms with Crippen LogP contribution >= 0.6 is 0 Å². The summed E-state index contributed by atoms with van der Waals surface area (Å²) in [5.41, 5.74) is 1.45. The lowest BCUT2D eigenvalue weighted by Crippen LogP contribution is -2.26. The average Bonchev–Trinajstić information content (AvgIpc) is 3.18. The van der Waals surface area contributed by atoms with Gasteiger partial charge < -0.3 is 10.2 Å². The monoisotopic (exact) mass is 330 g/mol. The van der Waals surface area contributed by atoms with Gasteiger partial charge in [-0.25, -0.2) is 18.7 Å². The Bertz CT molecular complexity index is 893. The molecule has 1 aliphatic heterocycles. The molecule has 4 rings (SSSR count). The number of nitrogens with one attached hydrogen (secondary N) is 1. The predicted molar refractivity (Wildman–Crippen MR) is 86.9 cm³/mol. The second-order valence-electron chi connectivity index (χ2n) is 5.95. The van der Waals surface area contributed by atoms with E-state index in [1.807, 2.05) is 19.4 Å². The lowest BCUT2D eigenvalue weighted by Gasteiger charge is -2.17. The third-order valence-electron chi connectivity index (χ3n) is 4.26. The first-order chi connectivity index (χ1) is 11.6. The zero-order valence-electron chi connectivity index (χ0n) is 13.1. The molecule has 124 valence electrons. The van der Waals surface area contributed by atoms with Crippen LogP contribution in [0.1, 0.15) is 6.42 Å². The van der Waals surface area contributed by atoms with Gasteiger partial charge in [-0.15, -0.1) is 0 Å². The zero-order valence-corrected chi connectivity index (χ0v) is 13.1. The molecule has 3 aromatic rings. The van der Waals surface area contributed by atoms with E-state index in [-0.39, 0.29) is 6.04 Å². The van der Waals surface area contributed by atoms with Gasteiger partial charge in [-0.1, -0.05) is 0 Å². The van der Waals surface area contributed by atoms with Crippen LogP contribution in [0.15, 0.2) is 30.9 Å². The fraction of sp³-hybridized carbons (Fsp3) is 0.312. The van der Waals surface area contributed by atoms with E-state index in [1.54, 1.807) is 4.68 Å². The summed E-state index contributed by atoms with van der Waals surface area (Å²) < 4.78 is 28.7. The standard InChI is InChI=1S/C16H16F2N6/c1-23-8-11(6-21-23)24-3-2-10(7-24)22-16-12-4-13(17)14(18)5-15(12)19-9-20-16/h4-6,8-10H,2-3,7H2,1H3,(H,19,20,22). The fourth-order valence-corrected chi connectivity index (χ4v) is 3.04. The fourth-order valence-electron chi connectivity index (χ4n) is 3.04. The number of benzene rings is 1. The number of hydrogen-bond acceptors (Lipinski definition) is 5. The minimum atomic E-state index is -0.907. The number of aryl methyl sites for hydroxylation is 1. The van der Waals surface area contributed by atoms with E-state index >= 15 is 0 Å². The van der Waals surface area contributed by atoms with E-state index in [0.29, 0.717) is 16.7 Å². The van der Waals surface area contributed by atoms with E-state index in [1.165, 1.54) is 6.33 Å². The number of anilines is 2. The Morgan fingerprint density at radius 1 is 1.21 bits per heavy atom. The van der Waals surface area contributed by atoms with Crippen molar-refractivity contribution in [3.63, 3.8) is 0 Å². The second kappa shape index (κ2) is 5.70. The summed E-state index contributed by atoms with van der Waals surface area (Å²) in [4.78, 5) is 10.4. The molecule has 0 saturated carbocycles. The molecule has 0 spiro atoms. The van der Waals surface area contributed by atoms with Crippen LogP contribution in [0.4, 0.5) is 20.3 Å². The third-order valence-corrected chi connectivity index (χ3v) is 4.26. The summed E-state index contributed by atoms with van der Waals surface area (Å²) in [5.74, 6) is -1.28. The Hall–Kier alpha value is -2.77. The summed E-state index contributed by atoms with van der Waals surface area (Å²) in [6, 6.07) is 2.39. The number of aromatic nitrogens is 4. The lowest BCUT2D eigenvalue weighted by atomic mass is 10.2. The van der Waals surface area contributed by atoms with E-state index in [9.17, 15) is 8.78 Å². The molecule has 24 heavy (non-hydrogen) atoms. The van der Waals surface area contributed by atoms with Crippen molar-refractivity contribution in [3.05, 3.63) is 42.5 Å². The van der Waals surface area contributed by atoms with Crippen molar-refractivity contribution >= 4 is 22.4 Å². The Labute approximate surface area is 137 Å². The maximum Gasteiger partial charge on any atom is 0.161 e. The van der Waals surface area contributed by atoms with Crippen LogP contribution < -0.4 is 10.2 Å². The maximum absolute atomic E-state index is 13.6. The second-order valence-corrected chi connectivity index (χ2v) is 5.95. The van der Waals surface area contributed by atoms with Gasteiger partial charge in [-0.2, -0.15) is 5.10 Å². The minimum absolute atomic E-state index is 0.163. The molecule has 1 saturated heterocycles. The molecule has 1 N–H and O–H groups in total. The number of rotatable bonds is 3. The highest BCUT2D eigenvalue weighted by Gasteiger charge is 2.24. The van der Waals surface area contributed by atoms with Gasteiger partial charge in [0.2, 0.25) is 0 Å². The van der Waals surface area contributed by atoms with Gasteiger partial charge >= 0.3 is 0 Å². The van der Waals surface area contributed by atoms with Crippen molar-refractivity contribution < 1.29 is 8.78 Å². The van der Waals surface area contributed by atoms with Crippen LogP contribution in [0.2, 0.25) is 0 Å². The summed E-state index contributed by atoms with van der Waals surface area (Å²) in [6.07, 6.45) is 6.08. The average molecular weight is 330 g/mol. The van der Waals surface area contributed by atoms with E-state index in [0.717, 1.165) is 37.3 Å². The Morgan fingerprint density at radius 2 is 2.04 bits per heavy atom. The first-order valence-electron chi connectivity index (χ1n) is 7.70. The molecule has 8 heteroatoms. The Morgan fingerprint density at radius 3 is 2.83 bits per heavy atom. The van der Waals surface area contributed by atoms with Gasteiger partial charge in [-0.3, -0.25) is 4.68 Å². The van der Waals surface area contributed by atoms with Crippen LogP contribution in [-0.2, 0) is 7.05 Å². The SMILES string of the molecule is Cn1cc(N2CCC(Nc3ncnc4cc(F)c(F)cc34)C2)cn1. The topological polar surface area (TPSA) is 58.9 Å². The molecule has 0 amide bonds. The van der Waals surface area contributed by atoms with Crippen molar-refractivity contribution in [2.24, 2.45) is 7.05 Å². The van der Waals surface area contributed by atoms with Crippen LogP contribution in [-0.4, -0.2) is 38.9 Å². The van der Waals surface area contributed by atoms with Gasteiger partial charge in [0.05, 0.1) is 17.4 Å². The number of fused-ring (bicyclic) bond motifs is 1. The molecule has 0 radical (unpaired) electrons. The van der Waals surface area contributed by atoms with Crippen LogP contribution in [0.25, 0.3) is 10.9 Å². The van der Waals surface area contributed by atoms with Gasteiger partial charge in [0.15, 0.2) is 11.6 Å². The quantitative estimate of drug-likeness (QED) is 0.799. The Kier molecular flexibility index (Phi) is 3.51. The van der Waals surface area contributed by atoms with Crippen LogP contribution in [0, 0.1) is 11.6 Å². The molecule has 1 aromatic carbocycles. The molecular formula is C16H16F2N6. The molecule has 1 unspecified atom stereocenters. The van der Waals surface area contributed by atoms with Crippen molar-refractivity contribution in [1.29, 1.82) is 0 Å². The predicted octanol–water partition coefficient (Wildman–Crippen LogP) is 2.33. The van der Waals surface area contributed by atoms with E-state index in [4.69, 9.17) is 0 Å². The summed E-state index contributed by atoms with van der Waals surface area (Å²) >= 11 is 0. The summed E-state index contributed by atoms with van der Waals surface area (Å²) in [6.45, 7) is 1.69. The van der Waals surface area contributed by atoms with Gasteiger partial charge in [0.25, 0.3) is 0 Å². The first-order valence-corrected chi connectivity index (χ1v) is 7.70. The van der Waals surface area contributed by atoms with Gasteiger partial charge in [-0.05, 0) is 12.5 Å². The third kappa shape index (κ3) is 2.64.